The number of likely N-dealkylation sites (tertiary alicyclic amines) is 2. The van der Waals surface area contributed by atoms with Gasteiger partial charge >= 0.3 is 6.03 Å². The lowest BCUT2D eigenvalue weighted by Gasteiger charge is -2.45. The fourth-order valence-electron chi connectivity index (χ4n) is 6.19. The second-order valence-electron chi connectivity index (χ2n) is 10.4. The van der Waals surface area contributed by atoms with Gasteiger partial charge in [0.25, 0.3) is 5.92 Å². The summed E-state index contributed by atoms with van der Waals surface area (Å²) < 4.78 is 38.8. The number of urea groups is 1. The van der Waals surface area contributed by atoms with Gasteiger partial charge in [-0.15, -0.1) is 0 Å². The summed E-state index contributed by atoms with van der Waals surface area (Å²) in [7, 11) is 0. The van der Waals surface area contributed by atoms with Gasteiger partial charge in [0.15, 0.2) is 0 Å². The molecular formula is C25H33F2N3O4. The molecule has 1 aromatic rings. The monoisotopic (exact) mass is 477 g/mol. The van der Waals surface area contributed by atoms with Crippen LogP contribution in [0.2, 0.25) is 0 Å². The van der Waals surface area contributed by atoms with Gasteiger partial charge in [-0.3, -0.25) is 4.79 Å². The minimum atomic E-state index is -2.83. The van der Waals surface area contributed by atoms with E-state index in [9.17, 15) is 18.4 Å². The van der Waals surface area contributed by atoms with Crippen LogP contribution in [0.3, 0.4) is 0 Å². The van der Waals surface area contributed by atoms with E-state index in [1.165, 1.54) is 10.5 Å². The molecule has 1 spiro atoms. The van der Waals surface area contributed by atoms with Crippen LogP contribution in [0, 0.1) is 0 Å². The molecule has 5 rings (SSSR count). The van der Waals surface area contributed by atoms with Gasteiger partial charge in [0.1, 0.15) is 6.61 Å². The van der Waals surface area contributed by atoms with E-state index >= 15 is 0 Å². The molecule has 1 saturated carbocycles. The van der Waals surface area contributed by atoms with Crippen molar-refractivity contribution in [3.8, 4) is 0 Å². The van der Waals surface area contributed by atoms with Crippen molar-refractivity contribution in [1.82, 2.24) is 15.1 Å². The Bertz CT molecular complexity index is 901. The molecule has 3 aliphatic heterocycles. The molecule has 1 N–H and O–H groups in total. The summed E-state index contributed by atoms with van der Waals surface area (Å²) in [6.45, 7) is 1.26. The van der Waals surface area contributed by atoms with Gasteiger partial charge in [-0.25, -0.2) is 13.6 Å². The average molecular weight is 478 g/mol. The van der Waals surface area contributed by atoms with Crippen molar-refractivity contribution in [3.63, 3.8) is 0 Å². The highest BCUT2D eigenvalue weighted by Gasteiger charge is 2.58. The van der Waals surface area contributed by atoms with Gasteiger partial charge in [0, 0.05) is 6.04 Å². The molecule has 3 atom stereocenters. The Labute approximate surface area is 198 Å². The maximum absolute atomic E-state index is 13.5. The third-order valence-corrected chi connectivity index (χ3v) is 7.86. The maximum atomic E-state index is 13.5. The Morgan fingerprint density at radius 3 is 2.53 bits per heavy atom. The van der Waals surface area contributed by atoms with Crippen LogP contribution in [0.1, 0.15) is 50.5 Å². The van der Waals surface area contributed by atoms with E-state index in [1.807, 2.05) is 13.0 Å². The Morgan fingerprint density at radius 2 is 1.88 bits per heavy atom. The number of carbonyl (C=O) groups excluding carboxylic acids is 2. The quantitative estimate of drug-likeness (QED) is 0.723. The molecule has 3 heterocycles. The molecular weight excluding hydrogens is 444 g/mol. The fraction of sp³-hybridized carbons (Fsp3) is 0.680. The van der Waals surface area contributed by atoms with E-state index in [0.29, 0.717) is 12.3 Å². The fourth-order valence-corrected chi connectivity index (χ4v) is 6.19. The standard InChI is InChI=1S/C25H33F2N3O4/c1-17-11-24(16-33-13-22(31)28-24)21(30(17)23(32)29-14-25(26,27)15-29)12-34-20-9-7-19(8-10-20)18-5-3-2-4-6-18/h2-6,17,19-21H,7-16H2,1H3,(H,28,31)/t17-,19-,20+,21+,24-/m1/s1. The van der Waals surface area contributed by atoms with E-state index in [-0.39, 0.29) is 37.9 Å². The minimum absolute atomic E-state index is 0.0144. The van der Waals surface area contributed by atoms with Crippen LogP contribution in [0.5, 0.6) is 0 Å². The Balaban J connectivity index is 1.26. The van der Waals surface area contributed by atoms with Gasteiger partial charge in [0.05, 0.1) is 44.0 Å². The van der Waals surface area contributed by atoms with Crippen LogP contribution in [0.4, 0.5) is 13.6 Å². The Kier molecular flexibility index (Phi) is 6.27. The SMILES string of the molecule is C[C@@H]1C[C@@]2(COCC(=O)N2)[C@H](CO[C@H]2CC[C@@H](c3ccccc3)CC2)N1C(=O)N1CC(F)(F)C1. The lowest BCUT2D eigenvalue weighted by molar-refractivity contribution is -0.138. The lowest BCUT2D eigenvalue weighted by atomic mass is 9.82. The van der Waals surface area contributed by atoms with Crippen LogP contribution in [-0.2, 0) is 14.3 Å². The summed E-state index contributed by atoms with van der Waals surface area (Å²) in [5, 5.41) is 3.06. The molecule has 4 aliphatic rings. The third-order valence-electron chi connectivity index (χ3n) is 7.86. The molecule has 0 aromatic heterocycles. The van der Waals surface area contributed by atoms with Crippen molar-refractivity contribution in [1.29, 1.82) is 0 Å². The van der Waals surface area contributed by atoms with Crippen LogP contribution in [-0.4, -0.2) is 84.3 Å². The number of alkyl halides is 2. The number of ether oxygens (including phenoxy) is 2. The number of morpholine rings is 1. The molecule has 0 bridgehead atoms. The van der Waals surface area contributed by atoms with Crippen LogP contribution >= 0.6 is 0 Å². The molecule has 3 saturated heterocycles. The number of hydrogen-bond donors (Lipinski definition) is 1. The Hall–Kier alpha value is -2.26. The van der Waals surface area contributed by atoms with Crippen molar-refractivity contribution in [2.75, 3.05) is 32.9 Å². The number of amides is 3. The van der Waals surface area contributed by atoms with E-state index in [0.717, 1.165) is 25.7 Å². The van der Waals surface area contributed by atoms with Crippen LogP contribution < -0.4 is 5.32 Å². The van der Waals surface area contributed by atoms with Crippen LogP contribution in [0.15, 0.2) is 30.3 Å². The normalized spacial score (nSPS) is 35.2. The smallest absolute Gasteiger partial charge is 0.321 e. The summed E-state index contributed by atoms with van der Waals surface area (Å²) in [6, 6.07) is 9.38. The largest absolute Gasteiger partial charge is 0.376 e. The first-order valence-corrected chi connectivity index (χ1v) is 12.3. The molecule has 1 aliphatic carbocycles. The van der Waals surface area contributed by atoms with Gasteiger partial charge in [0.2, 0.25) is 5.91 Å². The van der Waals surface area contributed by atoms with Gasteiger partial charge in [-0.05, 0) is 50.5 Å². The van der Waals surface area contributed by atoms with Crippen molar-refractivity contribution in [2.45, 2.75) is 74.6 Å². The first-order chi connectivity index (χ1) is 16.3. The van der Waals surface area contributed by atoms with Crippen molar-refractivity contribution in [3.05, 3.63) is 35.9 Å². The van der Waals surface area contributed by atoms with Gasteiger partial charge in [-0.1, -0.05) is 30.3 Å². The molecule has 186 valence electrons. The molecule has 3 amide bonds. The van der Waals surface area contributed by atoms with E-state index in [1.54, 1.807) is 4.90 Å². The van der Waals surface area contributed by atoms with Crippen LogP contribution in [0.25, 0.3) is 0 Å². The van der Waals surface area contributed by atoms with Crippen molar-refractivity contribution in [2.24, 2.45) is 0 Å². The van der Waals surface area contributed by atoms with Crippen molar-refractivity contribution < 1.29 is 27.8 Å². The number of rotatable bonds is 4. The summed E-state index contributed by atoms with van der Waals surface area (Å²) in [5.41, 5.74) is 0.591. The number of halogens is 2. The summed E-state index contributed by atoms with van der Waals surface area (Å²) in [6.07, 6.45) is 4.48. The second kappa shape index (κ2) is 9.07. The highest BCUT2D eigenvalue weighted by atomic mass is 19.3. The lowest BCUT2D eigenvalue weighted by Crippen LogP contribution is -2.68. The van der Waals surface area contributed by atoms with E-state index in [4.69, 9.17) is 9.47 Å². The number of nitrogens with zero attached hydrogens (tertiary/aromatic N) is 2. The van der Waals surface area contributed by atoms with E-state index in [2.05, 4.69) is 29.6 Å². The minimum Gasteiger partial charge on any atom is -0.376 e. The zero-order valence-electron chi connectivity index (χ0n) is 19.6. The average Bonchev–Trinajstić information content (AvgIpc) is 3.06. The topological polar surface area (TPSA) is 71.1 Å². The first kappa shape index (κ1) is 23.5. The Morgan fingerprint density at radius 1 is 1.18 bits per heavy atom. The second-order valence-corrected chi connectivity index (χ2v) is 10.4. The summed E-state index contributed by atoms with van der Waals surface area (Å²) in [4.78, 5) is 28.2. The highest BCUT2D eigenvalue weighted by molar-refractivity contribution is 5.80. The summed E-state index contributed by atoms with van der Waals surface area (Å²) in [5.74, 6) is -2.53. The highest BCUT2D eigenvalue weighted by Crippen LogP contribution is 2.40. The van der Waals surface area contributed by atoms with Crippen molar-refractivity contribution >= 4 is 11.9 Å². The summed E-state index contributed by atoms with van der Waals surface area (Å²) >= 11 is 0. The molecule has 4 fully saturated rings. The molecule has 0 unspecified atom stereocenters. The number of benzene rings is 1. The predicted molar refractivity (Wildman–Crippen MR) is 121 cm³/mol. The molecule has 1 aromatic carbocycles. The number of carbonyl (C=O) groups is 2. The molecule has 7 nitrogen and oxygen atoms in total. The van der Waals surface area contributed by atoms with Gasteiger partial charge < -0.3 is 24.6 Å². The molecule has 0 radical (unpaired) electrons. The van der Waals surface area contributed by atoms with E-state index < -0.39 is 36.6 Å². The molecule has 34 heavy (non-hydrogen) atoms. The maximum Gasteiger partial charge on any atom is 0.321 e. The zero-order valence-corrected chi connectivity index (χ0v) is 19.6. The predicted octanol–water partition coefficient (Wildman–Crippen LogP) is 3.15. The molecule has 9 heteroatoms. The third kappa shape index (κ3) is 4.52. The zero-order chi connectivity index (χ0) is 23.9. The van der Waals surface area contributed by atoms with Gasteiger partial charge in [-0.2, -0.15) is 0 Å². The number of hydrogen-bond acceptors (Lipinski definition) is 4. The first-order valence-electron chi connectivity index (χ1n) is 12.3. The number of nitrogens with one attached hydrogen (secondary N) is 1.